The number of nitrogens with one attached hydrogen (secondary N) is 1. The molecule has 0 unspecified atom stereocenters. The summed E-state index contributed by atoms with van der Waals surface area (Å²) in [4.78, 5) is 14.5. The number of fused-ring (bicyclic) bond motifs is 1. The van der Waals surface area contributed by atoms with Crippen molar-refractivity contribution in [1.29, 1.82) is 0 Å². The van der Waals surface area contributed by atoms with E-state index in [1.807, 2.05) is 0 Å². The maximum atomic E-state index is 12.0. The highest BCUT2D eigenvalue weighted by molar-refractivity contribution is 6.29. The summed E-state index contributed by atoms with van der Waals surface area (Å²) in [5, 5.41) is 3.33. The van der Waals surface area contributed by atoms with Gasteiger partial charge >= 0.3 is 0 Å². The molecule has 0 aromatic carbocycles. The molecule has 1 amide bonds. The number of rotatable bonds is 2. The van der Waals surface area contributed by atoms with E-state index in [-0.39, 0.29) is 17.2 Å². The van der Waals surface area contributed by atoms with Crippen LogP contribution >= 0.6 is 11.6 Å². The fourth-order valence-electron chi connectivity index (χ4n) is 3.09. The van der Waals surface area contributed by atoms with Crippen molar-refractivity contribution in [3.63, 3.8) is 0 Å². The zero-order valence-electron chi connectivity index (χ0n) is 10.2. The van der Waals surface area contributed by atoms with Gasteiger partial charge in [0.15, 0.2) is 11.0 Å². The van der Waals surface area contributed by atoms with Gasteiger partial charge in [-0.3, -0.25) is 9.69 Å². The normalized spacial score (nSPS) is 28.1. The number of carbonyl (C=O) groups excluding carboxylic acids is 1. The fourth-order valence-corrected chi connectivity index (χ4v) is 3.24. The molecule has 2 atom stereocenters. The van der Waals surface area contributed by atoms with E-state index in [1.54, 1.807) is 12.1 Å². The third-order valence-electron chi connectivity index (χ3n) is 3.97. The van der Waals surface area contributed by atoms with Crippen LogP contribution in [0.4, 0.5) is 0 Å². The molecule has 3 rings (SSSR count). The van der Waals surface area contributed by atoms with E-state index in [0.29, 0.717) is 11.8 Å². The molecule has 1 aromatic heterocycles. The molecule has 1 aromatic rings. The van der Waals surface area contributed by atoms with E-state index >= 15 is 0 Å². The first-order valence-electron chi connectivity index (χ1n) is 6.54. The molecule has 0 radical (unpaired) electrons. The minimum atomic E-state index is -0.153. The highest BCUT2D eigenvalue weighted by Gasteiger charge is 2.36. The van der Waals surface area contributed by atoms with Crippen LogP contribution in [0, 0.1) is 0 Å². The van der Waals surface area contributed by atoms with Crippen molar-refractivity contribution in [2.24, 2.45) is 0 Å². The van der Waals surface area contributed by atoms with Gasteiger partial charge in [-0.1, -0.05) is 6.42 Å². The van der Waals surface area contributed by atoms with E-state index in [2.05, 4.69) is 10.2 Å². The topological polar surface area (TPSA) is 45.5 Å². The van der Waals surface area contributed by atoms with Crippen LogP contribution in [0.15, 0.2) is 16.5 Å². The Morgan fingerprint density at radius 3 is 3.00 bits per heavy atom. The number of nitrogens with zero attached hydrogens (tertiary/aromatic N) is 1. The molecular weight excluding hydrogens is 252 g/mol. The Morgan fingerprint density at radius 2 is 2.22 bits per heavy atom. The average molecular weight is 269 g/mol. The predicted octanol–water partition coefficient (Wildman–Crippen LogP) is 2.29. The number of amides is 1. The van der Waals surface area contributed by atoms with Crippen LogP contribution in [0.5, 0.6) is 0 Å². The second-order valence-electron chi connectivity index (χ2n) is 5.07. The number of hydrogen-bond acceptors (Lipinski definition) is 3. The maximum Gasteiger partial charge on any atom is 0.287 e. The van der Waals surface area contributed by atoms with Crippen molar-refractivity contribution in [2.75, 3.05) is 13.1 Å². The molecule has 3 heterocycles. The molecule has 0 saturated carbocycles. The fraction of sp³-hybridized carbons (Fsp3) is 0.615. The summed E-state index contributed by atoms with van der Waals surface area (Å²) in [6, 6.07) is 3.97. The van der Waals surface area contributed by atoms with E-state index in [1.165, 1.54) is 25.8 Å². The first kappa shape index (κ1) is 12.1. The summed E-state index contributed by atoms with van der Waals surface area (Å²) in [7, 11) is 0. The van der Waals surface area contributed by atoms with Gasteiger partial charge in [0, 0.05) is 18.6 Å². The standard InChI is InChI=1S/C13H17ClN2O2/c14-12-5-4-11(18-12)13(17)15-9-6-8-16-7-2-1-3-10(9)16/h4-5,9-10H,1-3,6-8H2,(H,15,17)/t9-,10-/m1/s1. The Labute approximate surface area is 111 Å². The molecule has 5 heteroatoms. The molecule has 0 bridgehead atoms. The molecule has 2 aliphatic heterocycles. The minimum absolute atomic E-state index is 0.153. The van der Waals surface area contributed by atoms with Crippen LogP contribution in [0.2, 0.25) is 5.22 Å². The van der Waals surface area contributed by atoms with Crippen molar-refractivity contribution < 1.29 is 9.21 Å². The lowest BCUT2D eigenvalue weighted by Crippen LogP contribution is -2.46. The van der Waals surface area contributed by atoms with Crippen molar-refractivity contribution in [1.82, 2.24) is 10.2 Å². The summed E-state index contributed by atoms with van der Waals surface area (Å²) in [5.74, 6) is 0.147. The third-order valence-corrected chi connectivity index (χ3v) is 4.17. The summed E-state index contributed by atoms with van der Waals surface area (Å²) in [5.41, 5.74) is 0. The minimum Gasteiger partial charge on any atom is -0.440 e. The van der Waals surface area contributed by atoms with Crippen LogP contribution in [0.1, 0.15) is 36.2 Å². The van der Waals surface area contributed by atoms with Crippen molar-refractivity contribution >= 4 is 17.5 Å². The second kappa shape index (κ2) is 4.94. The lowest BCUT2D eigenvalue weighted by atomic mass is 9.99. The maximum absolute atomic E-state index is 12.0. The van der Waals surface area contributed by atoms with Gasteiger partial charge in [-0.2, -0.15) is 0 Å². The van der Waals surface area contributed by atoms with Crippen LogP contribution in [-0.4, -0.2) is 36.0 Å². The molecule has 18 heavy (non-hydrogen) atoms. The molecule has 98 valence electrons. The molecule has 0 aliphatic carbocycles. The second-order valence-corrected chi connectivity index (χ2v) is 5.44. The van der Waals surface area contributed by atoms with E-state index in [4.69, 9.17) is 16.0 Å². The highest BCUT2D eigenvalue weighted by atomic mass is 35.5. The SMILES string of the molecule is O=C(N[C@@H]1CCN2CCCC[C@H]12)c1ccc(Cl)o1. The van der Waals surface area contributed by atoms with Gasteiger partial charge in [-0.05, 0) is 49.5 Å². The Hall–Kier alpha value is -1.00. The molecule has 0 spiro atoms. The number of halogens is 1. The van der Waals surface area contributed by atoms with Crippen LogP contribution in [-0.2, 0) is 0 Å². The average Bonchev–Trinajstić information content (AvgIpc) is 2.97. The highest BCUT2D eigenvalue weighted by Crippen LogP contribution is 2.27. The Bertz CT molecular complexity index is 446. The van der Waals surface area contributed by atoms with E-state index in [9.17, 15) is 4.79 Å². The van der Waals surface area contributed by atoms with Crippen molar-refractivity contribution in [3.8, 4) is 0 Å². The summed E-state index contributed by atoms with van der Waals surface area (Å²) >= 11 is 5.68. The number of piperidine rings is 1. The number of hydrogen-bond donors (Lipinski definition) is 1. The van der Waals surface area contributed by atoms with Gasteiger partial charge < -0.3 is 9.73 Å². The van der Waals surface area contributed by atoms with Crippen LogP contribution in [0.3, 0.4) is 0 Å². The Kier molecular flexibility index (Phi) is 3.31. The van der Waals surface area contributed by atoms with Crippen LogP contribution < -0.4 is 5.32 Å². The van der Waals surface area contributed by atoms with Gasteiger partial charge in [0.2, 0.25) is 0 Å². The first-order valence-corrected chi connectivity index (χ1v) is 6.92. The first-order chi connectivity index (χ1) is 8.74. The summed E-state index contributed by atoms with van der Waals surface area (Å²) in [6.07, 6.45) is 4.76. The van der Waals surface area contributed by atoms with Crippen LogP contribution in [0.25, 0.3) is 0 Å². The Balaban J connectivity index is 1.64. The van der Waals surface area contributed by atoms with Gasteiger partial charge in [-0.15, -0.1) is 0 Å². The molecule has 4 nitrogen and oxygen atoms in total. The molecule has 2 aliphatic rings. The number of carbonyl (C=O) groups is 1. The smallest absolute Gasteiger partial charge is 0.287 e. The summed E-state index contributed by atoms with van der Waals surface area (Å²) < 4.78 is 5.13. The third kappa shape index (κ3) is 2.27. The largest absolute Gasteiger partial charge is 0.440 e. The molecule has 1 N–H and O–H groups in total. The lowest BCUT2D eigenvalue weighted by Gasteiger charge is -2.32. The predicted molar refractivity (Wildman–Crippen MR) is 68.8 cm³/mol. The molecule has 2 saturated heterocycles. The monoisotopic (exact) mass is 268 g/mol. The van der Waals surface area contributed by atoms with Crippen molar-refractivity contribution in [3.05, 3.63) is 23.1 Å². The zero-order valence-corrected chi connectivity index (χ0v) is 10.9. The summed E-state index contributed by atoms with van der Waals surface area (Å²) in [6.45, 7) is 2.26. The van der Waals surface area contributed by atoms with Gasteiger partial charge in [0.05, 0.1) is 0 Å². The van der Waals surface area contributed by atoms with Gasteiger partial charge in [-0.25, -0.2) is 0 Å². The van der Waals surface area contributed by atoms with Crippen molar-refractivity contribution in [2.45, 2.75) is 37.8 Å². The van der Waals surface area contributed by atoms with Gasteiger partial charge in [0.25, 0.3) is 5.91 Å². The molecular formula is C13H17ClN2O2. The van der Waals surface area contributed by atoms with E-state index in [0.717, 1.165) is 13.0 Å². The zero-order chi connectivity index (χ0) is 12.5. The van der Waals surface area contributed by atoms with E-state index < -0.39 is 0 Å². The van der Waals surface area contributed by atoms with Gasteiger partial charge in [0.1, 0.15) is 0 Å². The number of furan rings is 1. The lowest BCUT2D eigenvalue weighted by molar-refractivity contribution is 0.0887. The quantitative estimate of drug-likeness (QED) is 0.895. The Morgan fingerprint density at radius 1 is 1.33 bits per heavy atom. The molecule has 2 fully saturated rings.